The molecule has 0 aliphatic rings. The molecule has 0 spiro atoms. The smallest absolute Gasteiger partial charge is 0.329 e. The van der Waals surface area contributed by atoms with E-state index >= 15 is 0 Å². The lowest BCUT2D eigenvalue weighted by atomic mass is 10.0. The van der Waals surface area contributed by atoms with Crippen LogP contribution in [0.4, 0.5) is 0 Å². The lowest BCUT2D eigenvalue weighted by Crippen LogP contribution is -2.42. The van der Waals surface area contributed by atoms with Crippen molar-refractivity contribution in [3.05, 3.63) is 71.9 Å². The minimum atomic E-state index is -0.870. The van der Waals surface area contributed by atoms with Gasteiger partial charge in [0.25, 0.3) is 0 Å². The van der Waals surface area contributed by atoms with Crippen molar-refractivity contribution in [3.63, 3.8) is 0 Å². The summed E-state index contributed by atoms with van der Waals surface area (Å²) in [6, 6.07) is 15.4. The molecule has 0 aliphatic carbocycles. The zero-order valence-electron chi connectivity index (χ0n) is 14.9. The number of ketones is 1. The lowest BCUT2D eigenvalue weighted by Gasteiger charge is -2.16. The molecule has 0 bridgehead atoms. The number of carbonyl (C=O) groups excluding carboxylic acids is 3. The Morgan fingerprint density at radius 3 is 2.48 bits per heavy atom. The van der Waals surface area contributed by atoms with Crippen LogP contribution in [0.5, 0.6) is 0 Å². The normalized spacial score (nSPS) is 11.7. The van der Waals surface area contributed by atoms with E-state index < -0.39 is 12.0 Å². The molecule has 0 saturated carbocycles. The average molecular weight is 364 g/mol. The number of H-pyrrole nitrogens is 1. The number of hydrogen-bond acceptors (Lipinski definition) is 4. The van der Waals surface area contributed by atoms with E-state index in [2.05, 4.69) is 10.3 Å². The molecule has 0 radical (unpaired) electrons. The van der Waals surface area contributed by atoms with Crippen LogP contribution in [0.1, 0.15) is 22.8 Å². The monoisotopic (exact) mass is 364 g/mol. The van der Waals surface area contributed by atoms with E-state index in [9.17, 15) is 14.4 Å². The van der Waals surface area contributed by atoms with Crippen LogP contribution in [0.3, 0.4) is 0 Å². The van der Waals surface area contributed by atoms with Crippen molar-refractivity contribution in [3.8, 4) is 0 Å². The van der Waals surface area contributed by atoms with Gasteiger partial charge < -0.3 is 15.0 Å². The van der Waals surface area contributed by atoms with Gasteiger partial charge in [0.15, 0.2) is 12.4 Å². The van der Waals surface area contributed by atoms with Crippen LogP contribution in [-0.2, 0) is 20.7 Å². The third-order valence-corrected chi connectivity index (χ3v) is 4.20. The zero-order valence-corrected chi connectivity index (χ0v) is 14.9. The minimum absolute atomic E-state index is 0.266. The third-order valence-electron chi connectivity index (χ3n) is 4.20. The number of carbonyl (C=O) groups is 3. The standard InChI is InChI=1S/C21H20N2O4/c1-14(24)23-19(11-16-12-22-18-10-6-5-9-17(16)18)21(26)27-13-20(25)15-7-3-2-4-8-15/h2-10,12,19,22H,11,13H2,1H3,(H,23,24)/t19-/m1/s1. The highest BCUT2D eigenvalue weighted by Crippen LogP contribution is 2.19. The second kappa shape index (κ2) is 8.31. The van der Waals surface area contributed by atoms with Gasteiger partial charge in [0.05, 0.1) is 0 Å². The van der Waals surface area contributed by atoms with Crippen molar-refractivity contribution in [2.24, 2.45) is 0 Å². The number of Topliss-reactive ketones (excluding diaryl/α,β-unsaturated/α-hetero) is 1. The quantitative estimate of drug-likeness (QED) is 0.498. The summed E-state index contributed by atoms with van der Waals surface area (Å²) in [6.45, 7) is 0.970. The topological polar surface area (TPSA) is 88.3 Å². The van der Waals surface area contributed by atoms with Crippen LogP contribution < -0.4 is 5.32 Å². The maximum absolute atomic E-state index is 12.5. The minimum Gasteiger partial charge on any atom is -0.456 e. The molecule has 2 N–H and O–H groups in total. The van der Waals surface area contributed by atoms with Crippen molar-refractivity contribution in [2.75, 3.05) is 6.61 Å². The number of ether oxygens (including phenoxy) is 1. The molecule has 0 fully saturated rings. The highest BCUT2D eigenvalue weighted by atomic mass is 16.5. The van der Waals surface area contributed by atoms with Gasteiger partial charge in [-0.25, -0.2) is 4.79 Å². The van der Waals surface area contributed by atoms with Crippen LogP contribution in [-0.4, -0.2) is 35.3 Å². The molecule has 6 nitrogen and oxygen atoms in total. The summed E-state index contributed by atoms with van der Waals surface area (Å²) in [5.41, 5.74) is 2.30. The molecule has 138 valence electrons. The van der Waals surface area contributed by atoms with Gasteiger partial charge in [0.1, 0.15) is 6.04 Å². The van der Waals surface area contributed by atoms with Crippen molar-refractivity contribution in [1.29, 1.82) is 0 Å². The van der Waals surface area contributed by atoms with E-state index in [0.29, 0.717) is 5.56 Å². The maximum atomic E-state index is 12.5. The number of nitrogens with one attached hydrogen (secondary N) is 2. The Bertz CT molecular complexity index is 962. The molecule has 27 heavy (non-hydrogen) atoms. The fraction of sp³-hybridized carbons (Fsp3) is 0.190. The van der Waals surface area contributed by atoms with Gasteiger partial charge in [0.2, 0.25) is 5.91 Å². The fourth-order valence-electron chi connectivity index (χ4n) is 2.90. The molecule has 2 aromatic carbocycles. The number of rotatable bonds is 7. The number of esters is 1. The lowest BCUT2D eigenvalue weighted by molar-refractivity contribution is -0.146. The first-order chi connectivity index (χ1) is 13.0. The first-order valence-electron chi connectivity index (χ1n) is 8.61. The fourth-order valence-corrected chi connectivity index (χ4v) is 2.90. The SMILES string of the molecule is CC(=O)N[C@H](Cc1c[nH]c2ccccc12)C(=O)OCC(=O)c1ccccc1. The van der Waals surface area contributed by atoms with E-state index in [-0.39, 0.29) is 24.7 Å². The van der Waals surface area contributed by atoms with Crippen LogP contribution in [0.25, 0.3) is 10.9 Å². The Morgan fingerprint density at radius 1 is 1.04 bits per heavy atom. The summed E-state index contributed by atoms with van der Waals surface area (Å²) in [7, 11) is 0. The van der Waals surface area contributed by atoms with E-state index in [1.54, 1.807) is 30.3 Å². The first kappa shape index (κ1) is 18.4. The molecule has 6 heteroatoms. The van der Waals surface area contributed by atoms with E-state index in [1.165, 1.54) is 6.92 Å². The summed E-state index contributed by atoms with van der Waals surface area (Å²) in [5, 5.41) is 3.58. The maximum Gasteiger partial charge on any atom is 0.329 e. The van der Waals surface area contributed by atoms with Crippen molar-refractivity contribution in [2.45, 2.75) is 19.4 Å². The second-order valence-corrected chi connectivity index (χ2v) is 6.21. The summed E-state index contributed by atoms with van der Waals surface area (Å²) < 4.78 is 5.17. The number of hydrogen-bond donors (Lipinski definition) is 2. The van der Waals surface area contributed by atoms with Gasteiger partial charge in [-0.05, 0) is 11.6 Å². The van der Waals surface area contributed by atoms with Gasteiger partial charge >= 0.3 is 5.97 Å². The molecule has 0 unspecified atom stereocenters. The summed E-state index contributed by atoms with van der Waals surface area (Å²) in [6.07, 6.45) is 2.07. The molecule has 3 rings (SSSR count). The van der Waals surface area contributed by atoms with Gasteiger partial charge in [-0.3, -0.25) is 9.59 Å². The Balaban J connectivity index is 1.69. The molecule has 1 amide bonds. The largest absolute Gasteiger partial charge is 0.456 e. The number of aromatic nitrogens is 1. The second-order valence-electron chi connectivity index (χ2n) is 6.21. The van der Waals surface area contributed by atoms with Crippen LogP contribution in [0, 0.1) is 0 Å². The molecule has 3 aromatic rings. The number of aromatic amines is 1. The predicted octanol–water partition coefficient (Wildman–Crippen LogP) is 2.64. The summed E-state index contributed by atoms with van der Waals surface area (Å²) >= 11 is 0. The van der Waals surface area contributed by atoms with Gasteiger partial charge in [-0.15, -0.1) is 0 Å². The number of fused-ring (bicyclic) bond motifs is 1. The van der Waals surface area contributed by atoms with Gasteiger partial charge in [-0.2, -0.15) is 0 Å². The third kappa shape index (κ3) is 4.61. The Kier molecular flexibility index (Phi) is 5.66. The Labute approximate surface area is 156 Å². The molecular weight excluding hydrogens is 344 g/mol. The number of amides is 1. The molecule has 0 aliphatic heterocycles. The van der Waals surface area contributed by atoms with Crippen molar-refractivity contribution in [1.82, 2.24) is 10.3 Å². The summed E-state index contributed by atoms with van der Waals surface area (Å²) in [5.74, 6) is -1.27. The molecule has 0 saturated heterocycles. The molecule has 1 atom stereocenters. The van der Waals surface area contributed by atoms with E-state index in [1.807, 2.05) is 30.5 Å². The van der Waals surface area contributed by atoms with Gasteiger partial charge in [-0.1, -0.05) is 48.5 Å². The van der Waals surface area contributed by atoms with Crippen LogP contribution >= 0.6 is 0 Å². The van der Waals surface area contributed by atoms with Crippen molar-refractivity contribution >= 4 is 28.6 Å². The first-order valence-corrected chi connectivity index (χ1v) is 8.61. The van der Waals surface area contributed by atoms with E-state index in [4.69, 9.17) is 4.74 Å². The Morgan fingerprint density at radius 2 is 1.74 bits per heavy atom. The number of benzene rings is 2. The highest BCUT2D eigenvalue weighted by Gasteiger charge is 2.24. The van der Waals surface area contributed by atoms with Gasteiger partial charge in [0, 0.05) is 36.0 Å². The number of para-hydroxylation sites is 1. The van der Waals surface area contributed by atoms with Crippen LogP contribution in [0.15, 0.2) is 60.8 Å². The predicted molar refractivity (Wildman–Crippen MR) is 101 cm³/mol. The van der Waals surface area contributed by atoms with Crippen molar-refractivity contribution < 1.29 is 19.1 Å². The molecular formula is C21H20N2O4. The zero-order chi connectivity index (χ0) is 19.2. The molecule has 1 heterocycles. The average Bonchev–Trinajstić information content (AvgIpc) is 3.08. The van der Waals surface area contributed by atoms with Crippen LogP contribution in [0.2, 0.25) is 0 Å². The van der Waals surface area contributed by atoms with E-state index in [0.717, 1.165) is 16.5 Å². The molecule has 1 aromatic heterocycles. The summed E-state index contributed by atoms with van der Waals surface area (Å²) in [4.78, 5) is 39.2. The highest BCUT2D eigenvalue weighted by molar-refractivity contribution is 5.98. The Hall–Kier alpha value is -3.41.